The summed E-state index contributed by atoms with van der Waals surface area (Å²) in [5, 5.41) is 25.1. The van der Waals surface area contributed by atoms with Gasteiger partial charge in [-0.15, -0.1) is 11.3 Å². The number of anilines is 1. The number of rotatable bonds is 8. The van der Waals surface area contributed by atoms with Crippen molar-refractivity contribution in [1.29, 1.82) is 5.26 Å². The highest BCUT2D eigenvalue weighted by molar-refractivity contribution is 7.11. The molecule has 0 saturated heterocycles. The number of nitrogens with two attached hydrogens (primary N) is 1. The Hall–Kier alpha value is -3.88. The predicted octanol–water partition coefficient (Wildman–Crippen LogP) is 4.77. The van der Waals surface area contributed by atoms with Crippen molar-refractivity contribution in [3.8, 4) is 17.5 Å². The Kier molecular flexibility index (Phi) is 7.57. The summed E-state index contributed by atoms with van der Waals surface area (Å²) < 4.78 is 17.1. The van der Waals surface area contributed by atoms with E-state index in [2.05, 4.69) is 21.1 Å². The lowest BCUT2D eigenvalue weighted by atomic mass is 9.84. The molecule has 0 bridgehead atoms. The first kappa shape index (κ1) is 27.7. The number of aromatic nitrogens is 4. The van der Waals surface area contributed by atoms with Gasteiger partial charge in [0.05, 0.1) is 57.1 Å². The third kappa shape index (κ3) is 5.55. The van der Waals surface area contributed by atoms with Gasteiger partial charge < -0.3 is 15.7 Å². The number of nitrogens with zero attached hydrogens (tertiary/aromatic N) is 6. The van der Waals surface area contributed by atoms with E-state index in [1.54, 1.807) is 28.0 Å². The number of nitriles is 1. The number of hydrogen-bond acceptors (Lipinski definition) is 8. The lowest BCUT2D eigenvalue weighted by Gasteiger charge is -2.41. The van der Waals surface area contributed by atoms with Crippen molar-refractivity contribution >= 4 is 28.4 Å². The summed E-state index contributed by atoms with van der Waals surface area (Å²) in [6.07, 6.45) is 6.64. The fourth-order valence-corrected chi connectivity index (χ4v) is 6.30. The number of thiazole rings is 1. The molecule has 1 fully saturated rings. The van der Waals surface area contributed by atoms with E-state index in [-0.39, 0.29) is 18.2 Å². The fourth-order valence-electron chi connectivity index (χ4n) is 5.35. The van der Waals surface area contributed by atoms with Gasteiger partial charge in [-0.05, 0) is 76.6 Å². The number of fused-ring (bicyclic) bond motifs is 1. The molecule has 4 aromatic heterocycles. The predicted molar refractivity (Wildman–Crippen MR) is 152 cm³/mol. The molecule has 1 aliphatic rings. The van der Waals surface area contributed by atoms with Crippen molar-refractivity contribution in [2.24, 2.45) is 5.73 Å². The van der Waals surface area contributed by atoms with Gasteiger partial charge >= 0.3 is 0 Å². The summed E-state index contributed by atoms with van der Waals surface area (Å²) in [5.41, 5.74) is 7.21. The second-order valence-electron chi connectivity index (χ2n) is 10.9. The molecule has 4 heterocycles. The fraction of sp³-hybridized carbons (Fsp3) is 0.414. The molecule has 0 aromatic carbocycles. The zero-order chi connectivity index (χ0) is 28.6. The summed E-state index contributed by atoms with van der Waals surface area (Å²) in [5.74, 6) is -0.275. The molecule has 4 aromatic rings. The van der Waals surface area contributed by atoms with Crippen LogP contribution in [0.5, 0.6) is 0 Å². The topological polar surface area (TPSA) is 133 Å². The zero-order valence-corrected chi connectivity index (χ0v) is 23.5. The van der Waals surface area contributed by atoms with Crippen LogP contribution in [0.15, 0.2) is 42.9 Å². The van der Waals surface area contributed by atoms with E-state index >= 15 is 4.39 Å². The Labute approximate surface area is 236 Å². The van der Waals surface area contributed by atoms with E-state index < -0.39 is 17.7 Å². The van der Waals surface area contributed by atoms with Gasteiger partial charge in [0.1, 0.15) is 12.2 Å². The highest BCUT2D eigenvalue weighted by Gasteiger charge is 2.35. The van der Waals surface area contributed by atoms with Crippen molar-refractivity contribution in [2.75, 3.05) is 11.4 Å². The van der Waals surface area contributed by atoms with Crippen LogP contribution in [0.25, 0.3) is 16.9 Å². The standard InChI is InChI=1S/C29H32FN7O2S/c1-17-33-15-26(40-17)19-4-6-20(7-5-19)36(16-27(30)29(2,3)39)25-11-23(34-14-22(25)28(32)38)24-9-8-21-10-18(12-31)13-35-37(21)24/h8-11,13-15,19-20,27,39H,4-7,16H2,1-3H3,(H2,32,38)/t19?,20?,27-/m1/s1. The van der Waals surface area contributed by atoms with E-state index in [0.29, 0.717) is 28.6 Å². The Morgan fingerprint density at radius 1 is 1.25 bits per heavy atom. The third-order valence-electron chi connectivity index (χ3n) is 7.65. The highest BCUT2D eigenvalue weighted by Crippen LogP contribution is 2.40. The van der Waals surface area contributed by atoms with Crippen molar-refractivity contribution in [1.82, 2.24) is 19.6 Å². The summed E-state index contributed by atoms with van der Waals surface area (Å²) in [4.78, 5) is 24.6. The van der Waals surface area contributed by atoms with Crippen LogP contribution < -0.4 is 10.6 Å². The second kappa shape index (κ2) is 10.9. The maximum atomic E-state index is 15.5. The zero-order valence-electron chi connectivity index (χ0n) is 22.7. The number of alkyl halides is 1. The Balaban J connectivity index is 1.54. The average Bonchev–Trinajstić information content (AvgIpc) is 3.56. The van der Waals surface area contributed by atoms with Crippen LogP contribution in [0.4, 0.5) is 10.1 Å². The summed E-state index contributed by atoms with van der Waals surface area (Å²) in [6.45, 7) is 4.78. The molecule has 1 aliphatic carbocycles. The minimum Gasteiger partial charge on any atom is -0.387 e. The summed E-state index contributed by atoms with van der Waals surface area (Å²) in [6, 6.07) is 9.15. The molecule has 11 heteroatoms. The van der Waals surface area contributed by atoms with Gasteiger partial charge in [-0.1, -0.05) is 0 Å². The summed E-state index contributed by atoms with van der Waals surface area (Å²) in [7, 11) is 0. The Morgan fingerprint density at radius 2 is 2.00 bits per heavy atom. The SMILES string of the molecule is Cc1ncc(C2CCC(N(C[C@@H](F)C(C)(C)O)c3cc(-c4ccc5cc(C#N)cnn45)ncc3C(N)=O)CC2)s1. The molecule has 3 N–H and O–H groups in total. The maximum absolute atomic E-state index is 15.5. The van der Waals surface area contributed by atoms with Gasteiger partial charge in [-0.2, -0.15) is 10.4 Å². The first-order valence-electron chi connectivity index (χ1n) is 13.3. The van der Waals surface area contributed by atoms with E-state index in [1.807, 2.05) is 30.2 Å². The van der Waals surface area contributed by atoms with Crippen LogP contribution in [0, 0.1) is 18.3 Å². The maximum Gasteiger partial charge on any atom is 0.252 e. The quantitative estimate of drug-likeness (QED) is 0.316. The normalized spacial score (nSPS) is 18.4. The molecule has 1 amide bonds. The molecule has 40 heavy (non-hydrogen) atoms. The first-order valence-corrected chi connectivity index (χ1v) is 14.1. The van der Waals surface area contributed by atoms with Crippen LogP contribution in [-0.4, -0.2) is 55.0 Å². The van der Waals surface area contributed by atoms with E-state index in [9.17, 15) is 15.2 Å². The van der Waals surface area contributed by atoms with Crippen LogP contribution in [-0.2, 0) is 0 Å². The highest BCUT2D eigenvalue weighted by atomic mass is 32.1. The van der Waals surface area contributed by atoms with Crippen molar-refractivity contribution in [3.05, 3.63) is 63.9 Å². The van der Waals surface area contributed by atoms with Crippen molar-refractivity contribution < 1.29 is 14.3 Å². The molecule has 0 spiro atoms. The van der Waals surface area contributed by atoms with Gasteiger partial charge in [0.2, 0.25) is 0 Å². The monoisotopic (exact) mass is 561 g/mol. The first-order chi connectivity index (χ1) is 19.0. The number of primary amides is 1. The largest absolute Gasteiger partial charge is 0.387 e. The minimum atomic E-state index is -1.58. The van der Waals surface area contributed by atoms with Crippen LogP contribution in [0.2, 0.25) is 0 Å². The molecule has 5 rings (SSSR count). The Bertz CT molecular complexity index is 1580. The van der Waals surface area contributed by atoms with E-state index in [0.717, 1.165) is 36.2 Å². The molecule has 0 aliphatic heterocycles. The van der Waals surface area contributed by atoms with E-state index in [4.69, 9.17) is 5.73 Å². The molecular formula is C29H32FN7O2S. The number of pyridine rings is 1. The second-order valence-corrected chi connectivity index (χ2v) is 12.2. The minimum absolute atomic E-state index is 0.0698. The molecule has 9 nitrogen and oxygen atoms in total. The smallest absolute Gasteiger partial charge is 0.252 e. The van der Waals surface area contributed by atoms with E-state index in [1.165, 1.54) is 31.1 Å². The van der Waals surface area contributed by atoms with Gasteiger partial charge in [0, 0.05) is 23.3 Å². The number of hydrogen-bond donors (Lipinski definition) is 2. The number of carbonyl (C=O) groups excluding carboxylic acids is 1. The average molecular weight is 562 g/mol. The van der Waals surface area contributed by atoms with Crippen molar-refractivity contribution in [2.45, 2.75) is 70.2 Å². The molecule has 1 atom stereocenters. The number of halogens is 1. The van der Waals surface area contributed by atoms with Gasteiger partial charge in [0.15, 0.2) is 0 Å². The summed E-state index contributed by atoms with van der Waals surface area (Å²) >= 11 is 1.71. The van der Waals surface area contributed by atoms with Crippen LogP contribution in [0.3, 0.4) is 0 Å². The van der Waals surface area contributed by atoms with Crippen LogP contribution >= 0.6 is 11.3 Å². The third-order valence-corrected chi connectivity index (χ3v) is 8.73. The van der Waals surface area contributed by atoms with Gasteiger partial charge in [-0.3, -0.25) is 9.78 Å². The molecule has 208 valence electrons. The number of amides is 1. The van der Waals surface area contributed by atoms with Gasteiger partial charge in [0.25, 0.3) is 5.91 Å². The van der Waals surface area contributed by atoms with Gasteiger partial charge in [-0.25, -0.2) is 13.9 Å². The number of aliphatic hydroxyl groups is 1. The molecule has 1 saturated carbocycles. The lowest BCUT2D eigenvalue weighted by molar-refractivity contribution is -0.000437. The lowest BCUT2D eigenvalue weighted by Crippen LogP contribution is -2.48. The van der Waals surface area contributed by atoms with Crippen molar-refractivity contribution in [3.63, 3.8) is 0 Å². The molecule has 0 radical (unpaired) electrons. The number of carbonyl (C=O) groups is 1. The number of aryl methyl sites for hydroxylation is 1. The molecular weight excluding hydrogens is 529 g/mol. The molecule has 0 unspecified atom stereocenters. The van der Waals surface area contributed by atoms with Crippen LogP contribution in [0.1, 0.15) is 71.3 Å². The Morgan fingerprint density at radius 3 is 2.62 bits per heavy atom.